The van der Waals surface area contributed by atoms with E-state index in [2.05, 4.69) is 55.5 Å². The monoisotopic (exact) mass is 401 g/mol. The molecule has 1 saturated carbocycles. The summed E-state index contributed by atoms with van der Waals surface area (Å²) >= 11 is 0. The van der Waals surface area contributed by atoms with E-state index in [4.69, 9.17) is 4.74 Å². The van der Waals surface area contributed by atoms with E-state index in [-0.39, 0.29) is 6.04 Å². The zero-order chi connectivity index (χ0) is 19.7. The summed E-state index contributed by atoms with van der Waals surface area (Å²) in [6.45, 7) is 4.16. The summed E-state index contributed by atoms with van der Waals surface area (Å²) in [7, 11) is 0. The summed E-state index contributed by atoms with van der Waals surface area (Å²) in [6, 6.07) is 11.9. The highest BCUT2D eigenvalue weighted by Crippen LogP contribution is 2.43. The van der Waals surface area contributed by atoms with E-state index in [9.17, 15) is 0 Å². The molecule has 2 N–H and O–H groups in total. The van der Waals surface area contributed by atoms with Crippen LogP contribution in [-0.2, 0) is 11.2 Å². The Bertz CT molecular complexity index is 1090. The molecule has 2 aliphatic heterocycles. The van der Waals surface area contributed by atoms with Crippen LogP contribution in [0.25, 0.3) is 11.0 Å². The van der Waals surface area contributed by atoms with E-state index in [0.29, 0.717) is 23.8 Å². The van der Waals surface area contributed by atoms with Crippen molar-refractivity contribution in [1.29, 1.82) is 0 Å². The predicted molar refractivity (Wildman–Crippen MR) is 116 cm³/mol. The van der Waals surface area contributed by atoms with Crippen LogP contribution in [0.2, 0.25) is 0 Å². The van der Waals surface area contributed by atoms with E-state index < -0.39 is 0 Å². The van der Waals surface area contributed by atoms with Gasteiger partial charge in [-0.05, 0) is 42.4 Å². The van der Waals surface area contributed by atoms with Crippen molar-refractivity contribution >= 4 is 16.9 Å². The number of hydrogen-bond acceptors (Lipinski definition) is 5. The van der Waals surface area contributed by atoms with Crippen LogP contribution in [-0.4, -0.2) is 52.2 Å². The van der Waals surface area contributed by atoms with Gasteiger partial charge in [0.25, 0.3) is 0 Å². The van der Waals surface area contributed by atoms with Crippen LogP contribution >= 0.6 is 0 Å². The topological polar surface area (TPSA) is 66.1 Å². The largest absolute Gasteiger partial charge is 0.381 e. The summed E-state index contributed by atoms with van der Waals surface area (Å²) in [6.07, 6.45) is 5.35. The lowest BCUT2D eigenvalue weighted by Gasteiger charge is -2.31. The molecule has 0 bridgehead atoms. The van der Waals surface area contributed by atoms with Crippen molar-refractivity contribution in [3.05, 3.63) is 53.5 Å². The number of likely N-dealkylation sites (tertiary alicyclic amines) is 1. The fourth-order valence-electron chi connectivity index (χ4n) is 5.92. The summed E-state index contributed by atoms with van der Waals surface area (Å²) in [5.74, 6) is 3.03. The maximum atomic E-state index is 5.72. The number of ether oxygens (including phenoxy) is 1. The predicted octanol–water partition coefficient (Wildman–Crippen LogP) is 3.49. The first-order valence-electron chi connectivity index (χ1n) is 11.3. The van der Waals surface area contributed by atoms with Crippen molar-refractivity contribution in [3.63, 3.8) is 0 Å². The Hall–Kier alpha value is -2.44. The van der Waals surface area contributed by atoms with Crippen molar-refractivity contribution in [3.8, 4) is 0 Å². The molecule has 6 nitrogen and oxygen atoms in total. The number of aromatic amines is 1. The van der Waals surface area contributed by atoms with E-state index in [1.807, 2.05) is 0 Å². The Labute approximate surface area is 176 Å². The molecule has 4 aliphatic rings. The maximum Gasteiger partial charge on any atom is 0.143 e. The third kappa shape index (κ3) is 2.70. The van der Waals surface area contributed by atoms with Gasteiger partial charge in [0.1, 0.15) is 17.8 Å². The van der Waals surface area contributed by atoms with Crippen molar-refractivity contribution in [2.24, 2.45) is 11.8 Å². The fraction of sp³-hybridized carbons (Fsp3) is 0.500. The lowest BCUT2D eigenvalue weighted by atomic mass is 10.0. The highest BCUT2D eigenvalue weighted by atomic mass is 16.5. The molecule has 1 aromatic carbocycles. The molecule has 2 aliphatic carbocycles. The molecule has 2 saturated heterocycles. The van der Waals surface area contributed by atoms with Gasteiger partial charge in [-0.2, -0.15) is 0 Å². The van der Waals surface area contributed by atoms with Crippen molar-refractivity contribution < 1.29 is 4.74 Å². The Morgan fingerprint density at radius 1 is 1.07 bits per heavy atom. The minimum absolute atomic E-state index is 0.248. The number of H-pyrrole nitrogens is 1. The standard InChI is InChI=1S/C24H27N5O/c1-2-4-18-15(3-1)7-21(29-9-16-11-30-12-17(16)10-29)22(18)28-24-19-8-20(14-5-6-14)27-23(19)25-13-26-24/h1-4,8,13-14,16-17,21-22H,5-7,9-12H2,(H2,25,26,27,28)/t16-,17+,21-,22-/m0/s1. The average molecular weight is 402 g/mol. The van der Waals surface area contributed by atoms with Gasteiger partial charge in [0.2, 0.25) is 0 Å². The molecular formula is C24H27N5O. The average Bonchev–Trinajstić information content (AvgIpc) is 3.09. The highest BCUT2D eigenvalue weighted by Gasteiger charge is 2.44. The first kappa shape index (κ1) is 17.3. The molecule has 154 valence electrons. The number of nitrogens with zero attached hydrogens (tertiary/aromatic N) is 3. The first-order chi connectivity index (χ1) is 14.8. The molecule has 6 heteroatoms. The molecule has 0 radical (unpaired) electrons. The van der Waals surface area contributed by atoms with Crippen molar-refractivity contribution in [2.75, 3.05) is 31.6 Å². The molecule has 3 aromatic rings. The van der Waals surface area contributed by atoms with Crippen LogP contribution in [0, 0.1) is 11.8 Å². The van der Waals surface area contributed by atoms with Gasteiger partial charge >= 0.3 is 0 Å². The third-order valence-corrected chi connectivity index (χ3v) is 7.70. The molecular weight excluding hydrogens is 374 g/mol. The second-order valence-electron chi connectivity index (χ2n) is 9.59. The van der Waals surface area contributed by atoms with Gasteiger partial charge in [-0.15, -0.1) is 0 Å². The Kier molecular flexibility index (Phi) is 3.76. The number of fused-ring (bicyclic) bond motifs is 3. The molecule has 3 fully saturated rings. The summed E-state index contributed by atoms with van der Waals surface area (Å²) in [4.78, 5) is 15.4. The van der Waals surface area contributed by atoms with Crippen LogP contribution in [0.5, 0.6) is 0 Å². The van der Waals surface area contributed by atoms with Crippen LogP contribution < -0.4 is 5.32 Å². The Morgan fingerprint density at radius 3 is 2.73 bits per heavy atom. The van der Waals surface area contributed by atoms with Gasteiger partial charge in [-0.1, -0.05) is 24.3 Å². The Morgan fingerprint density at radius 2 is 1.90 bits per heavy atom. The van der Waals surface area contributed by atoms with Crippen LogP contribution in [0.15, 0.2) is 36.7 Å². The van der Waals surface area contributed by atoms with Gasteiger partial charge in [-0.3, -0.25) is 4.90 Å². The zero-order valence-corrected chi connectivity index (χ0v) is 17.1. The van der Waals surface area contributed by atoms with E-state index in [1.54, 1.807) is 6.33 Å². The summed E-state index contributed by atoms with van der Waals surface area (Å²) in [5.41, 5.74) is 5.14. The van der Waals surface area contributed by atoms with Crippen LogP contribution in [0.4, 0.5) is 5.82 Å². The quantitative estimate of drug-likeness (QED) is 0.701. The molecule has 7 rings (SSSR count). The fourth-order valence-corrected chi connectivity index (χ4v) is 5.92. The van der Waals surface area contributed by atoms with Gasteiger partial charge in [0.15, 0.2) is 0 Å². The Balaban J connectivity index is 1.24. The van der Waals surface area contributed by atoms with Crippen LogP contribution in [0.3, 0.4) is 0 Å². The van der Waals surface area contributed by atoms with Crippen molar-refractivity contribution in [2.45, 2.75) is 37.3 Å². The second-order valence-corrected chi connectivity index (χ2v) is 9.59. The minimum Gasteiger partial charge on any atom is -0.381 e. The van der Waals surface area contributed by atoms with Gasteiger partial charge in [0.05, 0.1) is 24.6 Å². The number of nitrogens with one attached hydrogen (secondary N) is 2. The van der Waals surface area contributed by atoms with Gasteiger partial charge in [0, 0.05) is 36.7 Å². The highest BCUT2D eigenvalue weighted by molar-refractivity contribution is 5.88. The summed E-state index contributed by atoms with van der Waals surface area (Å²) in [5, 5.41) is 4.98. The number of benzene rings is 1. The zero-order valence-electron chi connectivity index (χ0n) is 17.1. The molecule has 0 unspecified atom stereocenters. The lowest BCUT2D eigenvalue weighted by Crippen LogP contribution is -2.40. The lowest BCUT2D eigenvalue weighted by molar-refractivity contribution is 0.136. The van der Waals surface area contributed by atoms with Gasteiger partial charge in [-0.25, -0.2) is 9.97 Å². The molecule has 0 amide bonds. The second kappa shape index (κ2) is 6.53. The number of anilines is 1. The number of aromatic nitrogens is 3. The normalized spacial score (nSPS) is 30.7. The van der Waals surface area contributed by atoms with E-state index in [1.165, 1.54) is 29.7 Å². The summed E-state index contributed by atoms with van der Waals surface area (Å²) < 4.78 is 5.72. The van der Waals surface area contributed by atoms with E-state index >= 15 is 0 Å². The van der Waals surface area contributed by atoms with Crippen molar-refractivity contribution in [1.82, 2.24) is 19.9 Å². The number of hydrogen-bond donors (Lipinski definition) is 2. The maximum absolute atomic E-state index is 5.72. The molecule has 4 atom stereocenters. The minimum atomic E-state index is 0.248. The van der Waals surface area contributed by atoms with E-state index in [0.717, 1.165) is 49.6 Å². The molecule has 30 heavy (non-hydrogen) atoms. The molecule has 2 aromatic heterocycles. The molecule has 4 heterocycles. The third-order valence-electron chi connectivity index (χ3n) is 7.70. The number of rotatable bonds is 4. The first-order valence-corrected chi connectivity index (χ1v) is 11.3. The molecule has 0 spiro atoms. The van der Waals surface area contributed by atoms with Crippen LogP contribution in [0.1, 0.15) is 41.6 Å². The van der Waals surface area contributed by atoms with Gasteiger partial charge < -0.3 is 15.0 Å². The smallest absolute Gasteiger partial charge is 0.143 e. The SMILES string of the molecule is c1ccc2c(c1)C[C@H](N1C[C@H]3COC[C@H]3C1)[C@H]2Nc1ncnc2[nH]c(C3CC3)cc12.